The average molecular weight is 325 g/mol. The van der Waals surface area contributed by atoms with Gasteiger partial charge in [0.05, 0.1) is 0 Å². The Morgan fingerprint density at radius 2 is 1.58 bits per heavy atom. The van der Waals surface area contributed by atoms with Crippen molar-refractivity contribution in [3.8, 4) is 0 Å². The number of ether oxygens (including phenoxy) is 1. The maximum absolute atomic E-state index is 12.2. The Kier molecular flexibility index (Phi) is 5.74. The van der Waals surface area contributed by atoms with Crippen molar-refractivity contribution in [3.05, 3.63) is 65.7 Å². The number of para-hydroxylation sites is 1. The minimum Gasteiger partial charge on any atom is -0.444 e. The number of nitrogens with one attached hydrogen (secondary N) is 1. The summed E-state index contributed by atoms with van der Waals surface area (Å²) in [6.45, 7) is 5.45. The van der Waals surface area contributed by atoms with Crippen LogP contribution in [0.4, 0.5) is 10.5 Å². The topological polar surface area (TPSA) is 55.4 Å². The number of carbonyl (C=O) groups excluding carboxylic acids is 2. The highest BCUT2D eigenvalue weighted by molar-refractivity contribution is 5.96. The number of ketones is 1. The normalized spacial score (nSPS) is 11.0. The van der Waals surface area contributed by atoms with Crippen LogP contribution in [0.15, 0.2) is 54.6 Å². The van der Waals surface area contributed by atoms with Crippen molar-refractivity contribution in [2.75, 3.05) is 5.32 Å². The number of hydrogen-bond donors (Lipinski definition) is 1. The third-order valence-electron chi connectivity index (χ3n) is 3.37. The monoisotopic (exact) mass is 325 g/mol. The standard InChI is InChI=1S/C20H23NO3/c1-20(2,3)24-19(23)21-17-12-8-7-9-15(17)13-14-18(22)16-10-5-4-6-11-16/h4-12H,13-14H2,1-3H3,(H,21,23). The van der Waals surface area contributed by atoms with Gasteiger partial charge in [0.15, 0.2) is 5.78 Å². The molecule has 0 bridgehead atoms. The second kappa shape index (κ2) is 7.77. The Morgan fingerprint density at radius 1 is 0.958 bits per heavy atom. The van der Waals surface area contributed by atoms with Crippen LogP contribution in [-0.2, 0) is 11.2 Å². The van der Waals surface area contributed by atoms with Crippen molar-refractivity contribution in [2.45, 2.75) is 39.2 Å². The quantitative estimate of drug-likeness (QED) is 0.800. The highest BCUT2D eigenvalue weighted by Crippen LogP contribution is 2.19. The highest BCUT2D eigenvalue weighted by Gasteiger charge is 2.17. The molecule has 0 saturated heterocycles. The van der Waals surface area contributed by atoms with Crippen LogP contribution in [-0.4, -0.2) is 17.5 Å². The van der Waals surface area contributed by atoms with Gasteiger partial charge in [0.25, 0.3) is 0 Å². The molecule has 0 heterocycles. The molecule has 0 unspecified atom stereocenters. The van der Waals surface area contributed by atoms with Gasteiger partial charge in [-0.2, -0.15) is 0 Å². The molecule has 0 atom stereocenters. The van der Waals surface area contributed by atoms with E-state index in [2.05, 4.69) is 5.32 Å². The van der Waals surface area contributed by atoms with Gasteiger partial charge in [-0.15, -0.1) is 0 Å². The zero-order valence-electron chi connectivity index (χ0n) is 14.3. The van der Waals surface area contributed by atoms with Gasteiger partial charge in [-0.05, 0) is 38.8 Å². The largest absolute Gasteiger partial charge is 0.444 e. The highest BCUT2D eigenvalue weighted by atomic mass is 16.6. The summed E-state index contributed by atoms with van der Waals surface area (Å²) in [5.74, 6) is 0.0858. The van der Waals surface area contributed by atoms with Gasteiger partial charge >= 0.3 is 6.09 Å². The van der Waals surface area contributed by atoms with Crippen LogP contribution in [0.2, 0.25) is 0 Å². The lowest BCUT2D eigenvalue weighted by Gasteiger charge is -2.20. The zero-order valence-corrected chi connectivity index (χ0v) is 14.3. The van der Waals surface area contributed by atoms with Crippen LogP contribution < -0.4 is 5.32 Å². The summed E-state index contributed by atoms with van der Waals surface area (Å²) in [7, 11) is 0. The predicted octanol–water partition coefficient (Wildman–Crippen LogP) is 4.85. The summed E-state index contributed by atoms with van der Waals surface area (Å²) in [6.07, 6.45) is 0.445. The number of benzene rings is 2. The summed E-state index contributed by atoms with van der Waals surface area (Å²) >= 11 is 0. The van der Waals surface area contributed by atoms with E-state index in [0.29, 0.717) is 24.1 Å². The second-order valence-electron chi connectivity index (χ2n) is 6.57. The molecule has 2 rings (SSSR count). The van der Waals surface area contributed by atoms with Crippen molar-refractivity contribution in [2.24, 2.45) is 0 Å². The molecule has 0 radical (unpaired) electrons. The van der Waals surface area contributed by atoms with Crippen molar-refractivity contribution in [1.82, 2.24) is 0 Å². The lowest BCUT2D eigenvalue weighted by molar-refractivity contribution is 0.0635. The van der Waals surface area contributed by atoms with Crippen LogP contribution in [0.1, 0.15) is 43.1 Å². The first-order valence-corrected chi connectivity index (χ1v) is 8.01. The van der Waals surface area contributed by atoms with Gasteiger partial charge in [-0.1, -0.05) is 48.5 Å². The van der Waals surface area contributed by atoms with Crippen molar-refractivity contribution in [1.29, 1.82) is 0 Å². The van der Waals surface area contributed by atoms with E-state index in [-0.39, 0.29) is 5.78 Å². The molecule has 0 fully saturated rings. The lowest BCUT2D eigenvalue weighted by atomic mass is 10.0. The fraction of sp³-hybridized carbons (Fsp3) is 0.300. The minimum atomic E-state index is -0.553. The number of anilines is 1. The van der Waals surface area contributed by atoms with E-state index in [9.17, 15) is 9.59 Å². The van der Waals surface area contributed by atoms with Crippen molar-refractivity contribution in [3.63, 3.8) is 0 Å². The van der Waals surface area contributed by atoms with Gasteiger partial charge in [0, 0.05) is 17.7 Å². The van der Waals surface area contributed by atoms with Gasteiger partial charge in [0.1, 0.15) is 5.60 Å². The first kappa shape index (κ1) is 17.7. The van der Waals surface area contributed by atoms with Gasteiger partial charge < -0.3 is 4.74 Å². The first-order chi connectivity index (χ1) is 11.3. The zero-order chi connectivity index (χ0) is 17.6. The Labute approximate surface area is 142 Å². The Hall–Kier alpha value is -2.62. The smallest absolute Gasteiger partial charge is 0.412 e. The molecule has 0 aliphatic rings. The molecule has 1 amide bonds. The number of amides is 1. The molecule has 0 aromatic heterocycles. The van der Waals surface area contributed by atoms with Crippen molar-refractivity contribution < 1.29 is 14.3 Å². The molecule has 0 aliphatic heterocycles. The molecule has 0 aliphatic carbocycles. The number of aryl methyl sites for hydroxylation is 1. The maximum atomic E-state index is 12.2. The molecule has 0 saturated carbocycles. The summed E-state index contributed by atoms with van der Waals surface area (Å²) < 4.78 is 5.27. The summed E-state index contributed by atoms with van der Waals surface area (Å²) in [4.78, 5) is 24.2. The van der Waals surface area contributed by atoms with Crippen LogP contribution >= 0.6 is 0 Å². The second-order valence-corrected chi connectivity index (χ2v) is 6.57. The summed E-state index contributed by atoms with van der Waals surface area (Å²) in [5, 5.41) is 2.76. The molecule has 4 nitrogen and oxygen atoms in total. The molecule has 4 heteroatoms. The third kappa shape index (κ3) is 5.54. The molecule has 1 N–H and O–H groups in total. The van der Waals surface area contributed by atoms with Crippen LogP contribution in [0.5, 0.6) is 0 Å². The Morgan fingerprint density at radius 3 is 2.25 bits per heavy atom. The van der Waals surface area contributed by atoms with E-state index in [1.807, 2.05) is 75.4 Å². The van der Waals surface area contributed by atoms with E-state index in [1.165, 1.54) is 0 Å². The molecule has 0 spiro atoms. The third-order valence-corrected chi connectivity index (χ3v) is 3.37. The van der Waals surface area contributed by atoms with E-state index in [0.717, 1.165) is 5.56 Å². The Balaban J connectivity index is 2.01. The predicted molar refractivity (Wildman–Crippen MR) is 95.4 cm³/mol. The summed E-state index contributed by atoms with van der Waals surface area (Å²) in [6, 6.07) is 16.7. The average Bonchev–Trinajstić information content (AvgIpc) is 2.53. The first-order valence-electron chi connectivity index (χ1n) is 8.01. The number of hydrogen-bond acceptors (Lipinski definition) is 3. The minimum absolute atomic E-state index is 0.0858. The van der Waals surface area contributed by atoms with Crippen LogP contribution in [0, 0.1) is 0 Å². The lowest BCUT2D eigenvalue weighted by Crippen LogP contribution is -2.27. The van der Waals surface area contributed by atoms with E-state index < -0.39 is 11.7 Å². The van der Waals surface area contributed by atoms with E-state index >= 15 is 0 Å². The number of rotatable bonds is 5. The number of carbonyl (C=O) groups is 2. The number of Topliss-reactive ketones (excluding diaryl/α,β-unsaturated/α-hetero) is 1. The molecular formula is C20H23NO3. The molecule has 24 heavy (non-hydrogen) atoms. The van der Waals surface area contributed by atoms with Crippen LogP contribution in [0.3, 0.4) is 0 Å². The summed E-state index contributed by atoms with van der Waals surface area (Å²) in [5.41, 5.74) is 1.73. The maximum Gasteiger partial charge on any atom is 0.412 e. The molecule has 2 aromatic carbocycles. The van der Waals surface area contributed by atoms with Crippen molar-refractivity contribution >= 4 is 17.6 Å². The van der Waals surface area contributed by atoms with Gasteiger partial charge in [0.2, 0.25) is 0 Å². The van der Waals surface area contributed by atoms with E-state index in [1.54, 1.807) is 0 Å². The van der Waals surface area contributed by atoms with E-state index in [4.69, 9.17) is 4.74 Å². The van der Waals surface area contributed by atoms with Crippen LogP contribution in [0.25, 0.3) is 0 Å². The molecule has 2 aromatic rings. The fourth-order valence-corrected chi connectivity index (χ4v) is 2.29. The Bertz CT molecular complexity index is 702. The fourth-order valence-electron chi connectivity index (χ4n) is 2.29. The molecular weight excluding hydrogens is 302 g/mol. The molecule has 126 valence electrons. The SMILES string of the molecule is CC(C)(C)OC(=O)Nc1ccccc1CCC(=O)c1ccccc1. The van der Waals surface area contributed by atoms with Gasteiger partial charge in [-0.3, -0.25) is 10.1 Å². The van der Waals surface area contributed by atoms with Gasteiger partial charge in [-0.25, -0.2) is 4.79 Å².